The van der Waals surface area contributed by atoms with Gasteiger partial charge in [0.05, 0.1) is 13.2 Å². The zero-order valence-electron chi connectivity index (χ0n) is 16.8. The van der Waals surface area contributed by atoms with Crippen molar-refractivity contribution in [2.75, 3.05) is 13.7 Å². The van der Waals surface area contributed by atoms with E-state index in [0.29, 0.717) is 5.75 Å². The Labute approximate surface area is 175 Å². The number of hydrogen-bond donors (Lipinski definition) is 2. The number of phenols is 1. The first-order valence-corrected chi connectivity index (χ1v) is 9.43. The predicted molar refractivity (Wildman–Crippen MR) is 113 cm³/mol. The van der Waals surface area contributed by atoms with Crippen molar-refractivity contribution in [3.63, 3.8) is 0 Å². The molecule has 3 aromatic carbocycles. The lowest BCUT2D eigenvalue weighted by Gasteiger charge is -2.20. The summed E-state index contributed by atoms with van der Waals surface area (Å²) in [5.74, 6) is -0.687. The largest absolute Gasteiger partial charge is 0.507 e. The quantitative estimate of drug-likeness (QED) is 0.585. The Morgan fingerprint density at radius 2 is 1.63 bits per heavy atom. The number of aryl methyl sites for hydroxylation is 1. The first-order valence-electron chi connectivity index (χ1n) is 9.43. The molecule has 0 aliphatic carbocycles. The van der Waals surface area contributed by atoms with Gasteiger partial charge in [0.15, 0.2) is 6.61 Å². The number of carbonyl (C=O) groups excluding carboxylic acids is 2. The fourth-order valence-electron chi connectivity index (χ4n) is 3.03. The minimum atomic E-state index is -0.761. The number of ether oxygens (including phenoxy) is 2. The van der Waals surface area contributed by atoms with Crippen molar-refractivity contribution >= 4 is 11.9 Å². The van der Waals surface area contributed by atoms with Crippen LogP contribution >= 0.6 is 0 Å². The molecule has 2 N–H and O–H groups in total. The van der Waals surface area contributed by atoms with E-state index in [-0.39, 0.29) is 11.3 Å². The third-order valence-corrected chi connectivity index (χ3v) is 4.59. The van der Waals surface area contributed by atoms with Crippen LogP contribution in [0.2, 0.25) is 0 Å². The van der Waals surface area contributed by atoms with Crippen LogP contribution < -0.4 is 10.1 Å². The molecule has 0 unspecified atom stereocenters. The summed E-state index contributed by atoms with van der Waals surface area (Å²) in [5, 5.41) is 12.8. The maximum atomic E-state index is 12.5. The molecule has 0 aliphatic heterocycles. The highest BCUT2D eigenvalue weighted by Gasteiger charge is 2.19. The fraction of sp³-hybridized carbons (Fsp3) is 0.167. The van der Waals surface area contributed by atoms with Gasteiger partial charge in [-0.05, 0) is 47.9 Å². The summed E-state index contributed by atoms with van der Waals surface area (Å²) in [6.45, 7) is 1.33. The lowest BCUT2D eigenvalue weighted by Crippen LogP contribution is -2.33. The number of phenolic OH excluding ortho intramolecular Hbond substituents is 1. The maximum absolute atomic E-state index is 12.5. The van der Waals surface area contributed by atoms with Crippen LogP contribution in [0.15, 0.2) is 72.8 Å². The average Bonchev–Trinajstić information content (AvgIpc) is 2.76. The molecule has 1 atom stereocenters. The molecule has 6 nitrogen and oxygen atoms in total. The number of rotatable bonds is 7. The molecule has 3 aromatic rings. The number of aromatic hydroxyl groups is 1. The van der Waals surface area contributed by atoms with E-state index in [0.717, 1.165) is 16.7 Å². The summed E-state index contributed by atoms with van der Waals surface area (Å²) in [7, 11) is 1.59. The summed E-state index contributed by atoms with van der Waals surface area (Å²) < 4.78 is 10.3. The Hall–Kier alpha value is -3.80. The molecule has 0 radical (unpaired) electrons. The van der Waals surface area contributed by atoms with E-state index in [9.17, 15) is 14.7 Å². The van der Waals surface area contributed by atoms with Gasteiger partial charge in [-0.2, -0.15) is 0 Å². The number of carbonyl (C=O) groups is 2. The molecular weight excluding hydrogens is 382 g/mol. The second kappa shape index (κ2) is 9.60. The van der Waals surface area contributed by atoms with Crippen molar-refractivity contribution in [3.05, 3.63) is 95.1 Å². The number of hydrogen-bond acceptors (Lipinski definition) is 5. The summed E-state index contributed by atoms with van der Waals surface area (Å²) in [6.07, 6.45) is 0. The summed E-state index contributed by atoms with van der Waals surface area (Å²) in [5.41, 5.74) is 2.58. The van der Waals surface area contributed by atoms with Gasteiger partial charge < -0.3 is 19.9 Å². The zero-order chi connectivity index (χ0) is 21.5. The van der Waals surface area contributed by atoms with Gasteiger partial charge in [-0.3, -0.25) is 4.79 Å². The predicted octanol–water partition coefficient (Wildman–Crippen LogP) is 3.77. The molecular formula is C24H23NO5. The van der Waals surface area contributed by atoms with Gasteiger partial charge in [0.1, 0.15) is 17.1 Å². The summed E-state index contributed by atoms with van der Waals surface area (Å²) >= 11 is 0. The average molecular weight is 405 g/mol. The van der Waals surface area contributed by atoms with E-state index in [1.807, 2.05) is 54.6 Å². The van der Waals surface area contributed by atoms with Crippen molar-refractivity contribution in [2.45, 2.75) is 13.0 Å². The van der Waals surface area contributed by atoms with Gasteiger partial charge >= 0.3 is 5.97 Å². The van der Waals surface area contributed by atoms with Gasteiger partial charge in [0, 0.05) is 0 Å². The molecule has 3 rings (SSSR count). The number of methoxy groups -OCH3 is 1. The molecule has 0 spiro atoms. The van der Waals surface area contributed by atoms with Crippen molar-refractivity contribution in [2.24, 2.45) is 0 Å². The first-order chi connectivity index (χ1) is 14.5. The van der Waals surface area contributed by atoms with Crippen molar-refractivity contribution in [3.8, 4) is 11.5 Å². The standard InChI is InChI=1S/C24H23NO5/c1-16-8-13-20(21(26)14-16)24(28)30-15-22(27)25-23(17-6-4-3-5-7-17)18-9-11-19(29-2)12-10-18/h3-14,23,26H,15H2,1-2H3,(H,25,27)/t23-/m1/s1. The molecule has 6 heteroatoms. The normalized spacial score (nSPS) is 11.4. The number of nitrogens with one attached hydrogen (secondary N) is 1. The van der Waals surface area contributed by atoms with Crippen LogP contribution in [0.25, 0.3) is 0 Å². The Bertz CT molecular complexity index is 1020. The van der Waals surface area contributed by atoms with E-state index in [4.69, 9.17) is 9.47 Å². The molecule has 0 fully saturated rings. The molecule has 30 heavy (non-hydrogen) atoms. The van der Waals surface area contributed by atoms with Crippen LogP contribution in [0, 0.1) is 6.92 Å². The lowest BCUT2D eigenvalue weighted by atomic mass is 9.98. The van der Waals surface area contributed by atoms with Gasteiger partial charge in [-0.15, -0.1) is 0 Å². The first kappa shape index (κ1) is 20.9. The van der Waals surface area contributed by atoms with E-state index < -0.39 is 24.5 Å². The number of benzene rings is 3. The van der Waals surface area contributed by atoms with Crippen molar-refractivity contribution in [1.29, 1.82) is 0 Å². The minimum Gasteiger partial charge on any atom is -0.507 e. The van der Waals surface area contributed by atoms with Crippen LogP contribution in [0.3, 0.4) is 0 Å². The van der Waals surface area contributed by atoms with Gasteiger partial charge in [-0.1, -0.05) is 48.5 Å². The van der Waals surface area contributed by atoms with Crippen LogP contribution in [0.1, 0.15) is 33.1 Å². The number of esters is 1. The molecule has 0 aliphatic rings. The van der Waals surface area contributed by atoms with Gasteiger partial charge in [-0.25, -0.2) is 4.79 Å². The molecule has 0 aromatic heterocycles. The number of amides is 1. The Kier molecular flexibility index (Phi) is 6.70. The molecule has 0 saturated heterocycles. The van der Waals surface area contributed by atoms with Crippen LogP contribution in [-0.4, -0.2) is 30.7 Å². The maximum Gasteiger partial charge on any atom is 0.342 e. The van der Waals surface area contributed by atoms with Crippen LogP contribution in [0.5, 0.6) is 11.5 Å². The van der Waals surface area contributed by atoms with E-state index >= 15 is 0 Å². The lowest BCUT2D eigenvalue weighted by molar-refractivity contribution is -0.124. The summed E-state index contributed by atoms with van der Waals surface area (Å²) in [4.78, 5) is 24.7. The third kappa shape index (κ3) is 5.17. The second-order valence-corrected chi connectivity index (χ2v) is 6.78. The molecule has 154 valence electrons. The van der Waals surface area contributed by atoms with Crippen LogP contribution in [-0.2, 0) is 9.53 Å². The molecule has 0 saturated carbocycles. The molecule has 1 amide bonds. The molecule has 0 bridgehead atoms. The van der Waals surface area contributed by atoms with E-state index in [2.05, 4.69) is 5.32 Å². The van der Waals surface area contributed by atoms with Crippen molar-refractivity contribution < 1.29 is 24.2 Å². The van der Waals surface area contributed by atoms with E-state index in [1.165, 1.54) is 12.1 Å². The van der Waals surface area contributed by atoms with Gasteiger partial charge in [0.2, 0.25) is 0 Å². The van der Waals surface area contributed by atoms with Crippen molar-refractivity contribution in [1.82, 2.24) is 5.32 Å². The summed E-state index contributed by atoms with van der Waals surface area (Å²) in [6, 6.07) is 21.1. The second-order valence-electron chi connectivity index (χ2n) is 6.78. The van der Waals surface area contributed by atoms with Crippen LogP contribution in [0.4, 0.5) is 0 Å². The Balaban J connectivity index is 1.70. The SMILES string of the molecule is COc1ccc([C@H](NC(=O)COC(=O)c2ccc(C)cc2O)c2ccccc2)cc1. The van der Waals surface area contributed by atoms with Gasteiger partial charge in [0.25, 0.3) is 5.91 Å². The minimum absolute atomic E-state index is 0.0168. The highest BCUT2D eigenvalue weighted by molar-refractivity contribution is 5.94. The fourth-order valence-corrected chi connectivity index (χ4v) is 3.03. The monoisotopic (exact) mass is 405 g/mol. The smallest absolute Gasteiger partial charge is 0.342 e. The highest BCUT2D eigenvalue weighted by Crippen LogP contribution is 2.24. The highest BCUT2D eigenvalue weighted by atomic mass is 16.5. The molecule has 0 heterocycles. The Morgan fingerprint density at radius 3 is 2.27 bits per heavy atom. The van der Waals surface area contributed by atoms with E-state index in [1.54, 1.807) is 20.1 Å². The Morgan fingerprint density at radius 1 is 0.967 bits per heavy atom. The topological polar surface area (TPSA) is 84.9 Å². The third-order valence-electron chi connectivity index (χ3n) is 4.59. The zero-order valence-corrected chi connectivity index (χ0v) is 16.8.